The molecule has 0 spiro atoms. The van der Waals surface area contributed by atoms with E-state index in [1.807, 2.05) is 32.9 Å². The van der Waals surface area contributed by atoms with Gasteiger partial charge in [0.05, 0.1) is 7.11 Å². The van der Waals surface area contributed by atoms with E-state index in [4.69, 9.17) is 9.47 Å². The van der Waals surface area contributed by atoms with Crippen molar-refractivity contribution in [1.82, 2.24) is 10.9 Å². The SMILES string of the molecule is COC(=O)C1CC(c2ccc(NC(=O)OC(C)(C)C)cc2)NN1. The highest BCUT2D eigenvalue weighted by atomic mass is 16.6. The molecule has 1 heterocycles. The third-order valence-electron chi connectivity index (χ3n) is 3.35. The summed E-state index contributed by atoms with van der Waals surface area (Å²) in [5.74, 6) is -0.289. The van der Waals surface area contributed by atoms with Crippen LogP contribution in [-0.2, 0) is 14.3 Å². The van der Waals surface area contributed by atoms with E-state index in [2.05, 4.69) is 16.2 Å². The van der Waals surface area contributed by atoms with E-state index in [1.54, 1.807) is 12.1 Å². The van der Waals surface area contributed by atoms with Crippen molar-refractivity contribution in [1.29, 1.82) is 0 Å². The van der Waals surface area contributed by atoms with Crippen LogP contribution in [0.4, 0.5) is 10.5 Å². The van der Waals surface area contributed by atoms with Gasteiger partial charge in [-0.1, -0.05) is 12.1 Å². The second kappa shape index (κ2) is 6.97. The normalized spacial score (nSPS) is 20.9. The fraction of sp³-hybridized carbons (Fsp3) is 0.500. The zero-order valence-electron chi connectivity index (χ0n) is 13.8. The highest BCUT2D eigenvalue weighted by Gasteiger charge is 2.30. The molecule has 0 radical (unpaired) electrons. The summed E-state index contributed by atoms with van der Waals surface area (Å²) < 4.78 is 9.92. The molecule has 0 aliphatic carbocycles. The number of hydrogen-bond acceptors (Lipinski definition) is 6. The average Bonchev–Trinajstić information content (AvgIpc) is 2.95. The first-order chi connectivity index (χ1) is 10.8. The molecule has 1 aliphatic rings. The van der Waals surface area contributed by atoms with E-state index in [0.717, 1.165) is 5.56 Å². The lowest BCUT2D eigenvalue weighted by Gasteiger charge is -2.19. The molecule has 1 aliphatic heterocycles. The van der Waals surface area contributed by atoms with E-state index >= 15 is 0 Å². The standard InChI is InChI=1S/C16H23N3O4/c1-16(2,3)23-15(21)17-11-7-5-10(6-8-11)12-9-13(19-18-12)14(20)22-4/h5-8,12-13,18-19H,9H2,1-4H3,(H,17,21). The molecule has 126 valence electrons. The van der Waals surface area contributed by atoms with Crippen molar-refractivity contribution in [2.45, 2.75) is 44.9 Å². The van der Waals surface area contributed by atoms with Crippen molar-refractivity contribution in [3.63, 3.8) is 0 Å². The number of amides is 1. The van der Waals surface area contributed by atoms with E-state index < -0.39 is 11.7 Å². The molecule has 7 nitrogen and oxygen atoms in total. The molecular weight excluding hydrogens is 298 g/mol. The summed E-state index contributed by atoms with van der Waals surface area (Å²) in [5, 5.41) is 2.68. The number of esters is 1. The molecule has 0 aromatic heterocycles. The Morgan fingerprint density at radius 1 is 1.17 bits per heavy atom. The maximum absolute atomic E-state index is 11.7. The van der Waals surface area contributed by atoms with Crippen LogP contribution in [-0.4, -0.2) is 30.8 Å². The molecule has 1 saturated heterocycles. The smallest absolute Gasteiger partial charge is 0.412 e. The second-order valence-electron chi connectivity index (χ2n) is 6.40. The first kappa shape index (κ1) is 17.2. The summed E-state index contributed by atoms with van der Waals surface area (Å²) >= 11 is 0. The molecule has 1 fully saturated rings. The molecule has 2 rings (SSSR count). The quantitative estimate of drug-likeness (QED) is 0.739. The molecule has 1 aromatic rings. The summed E-state index contributed by atoms with van der Waals surface area (Å²) in [4.78, 5) is 23.2. The zero-order chi connectivity index (χ0) is 17.0. The Bertz CT molecular complexity index is 566. The molecule has 0 saturated carbocycles. The van der Waals surface area contributed by atoms with E-state index in [-0.39, 0.29) is 18.1 Å². The number of hydrogen-bond donors (Lipinski definition) is 3. The van der Waals surface area contributed by atoms with Crippen LogP contribution in [0.25, 0.3) is 0 Å². The Hall–Kier alpha value is -2.12. The highest BCUT2D eigenvalue weighted by molar-refractivity contribution is 5.84. The lowest BCUT2D eigenvalue weighted by Crippen LogP contribution is -2.36. The van der Waals surface area contributed by atoms with Crippen LogP contribution in [0, 0.1) is 0 Å². The fourth-order valence-corrected chi connectivity index (χ4v) is 2.29. The van der Waals surface area contributed by atoms with E-state index in [0.29, 0.717) is 12.1 Å². The van der Waals surface area contributed by atoms with Crippen LogP contribution in [0.1, 0.15) is 38.8 Å². The summed E-state index contributed by atoms with van der Waals surface area (Å²) in [6.07, 6.45) is 0.113. The number of rotatable bonds is 3. The molecule has 1 amide bonds. The van der Waals surface area contributed by atoms with Gasteiger partial charge in [-0.05, 0) is 44.9 Å². The Morgan fingerprint density at radius 3 is 2.39 bits per heavy atom. The van der Waals surface area contributed by atoms with E-state index in [9.17, 15) is 9.59 Å². The largest absolute Gasteiger partial charge is 0.468 e. The zero-order valence-corrected chi connectivity index (χ0v) is 13.8. The van der Waals surface area contributed by atoms with Crippen LogP contribution in [0.5, 0.6) is 0 Å². The van der Waals surface area contributed by atoms with Gasteiger partial charge in [-0.2, -0.15) is 0 Å². The van der Waals surface area contributed by atoms with Gasteiger partial charge in [-0.25, -0.2) is 15.6 Å². The molecular formula is C16H23N3O4. The summed E-state index contributed by atoms with van der Waals surface area (Å²) in [5.41, 5.74) is 7.11. The van der Waals surface area contributed by atoms with Gasteiger partial charge in [0.25, 0.3) is 0 Å². The molecule has 1 aromatic carbocycles. The van der Waals surface area contributed by atoms with Gasteiger partial charge >= 0.3 is 12.1 Å². The lowest BCUT2D eigenvalue weighted by molar-refractivity contribution is -0.142. The predicted octanol–water partition coefficient (Wildman–Crippen LogP) is 2.11. The van der Waals surface area contributed by atoms with Crippen molar-refractivity contribution in [2.24, 2.45) is 0 Å². The van der Waals surface area contributed by atoms with Gasteiger partial charge in [0, 0.05) is 11.7 Å². The lowest BCUT2D eigenvalue weighted by atomic mass is 10.0. The van der Waals surface area contributed by atoms with Crippen LogP contribution in [0.2, 0.25) is 0 Å². The Balaban J connectivity index is 1.93. The molecule has 0 bridgehead atoms. The fourth-order valence-electron chi connectivity index (χ4n) is 2.29. The Labute approximate surface area is 135 Å². The minimum absolute atomic E-state index is 0.00896. The first-order valence-electron chi connectivity index (χ1n) is 7.47. The number of benzene rings is 1. The summed E-state index contributed by atoms with van der Waals surface area (Å²) in [6, 6.07) is 7.04. The Morgan fingerprint density at radius 2 is 1.83 bits per heavy atom. The first-order valence-corrected chi connectivity index (χ1v) is 7.47. The predicted molar refractivity (Wildman–Crippen MR) is 85.7 cm³/mol. The maximum atomic E-state index is 11.7. The van der Waals surface area contributed by atoms with Crippen molar-refractivity contribution in [3.05, 3.63) is 29.8 Å². The van der Waals surface area contributed by atoms with Gasteiger partial charge < -0.3 is 9.47 Å². The summed E-state index contributed by atoms with van der Waals surface area (Å²) in [6.45, 7) is 5.44. The van der Waals surface area contributed by atoms with Gasteiger partial charge in [0.2, 0.25) is 0 Å². The van der Waals surface area contributed by atoms with E-state index in [1.165, 1.54) is 7.11 Å². The number of carbonyl (C=O) groups is 2. The van der Waals surface area contributed by atoms with Crippen LogP contribution < -0.4 is 16.2 Å². The minimum Gasteiger partial charge on any atom is -0.468 e. The van der Waals surface area contributed by atoms with Crippen LogP contribution in [0.15, 0.2) is 24.3 Å². The number of anilines is 1. The van der Waals surface area contributed by atoms with Gasteiger partial charge in [-0.3, -0.25) is 10.1 Å². The second-order valence-corrected chi connectivity index (χ2v) is 6.40. The number of carbonyl (C=O) groups excluding carboxylic acids is 2. The Kier molecular flexibility index (Phi) is 5.23. The van der Waals surface area contributed by atoms with Gasteiger partial charge in [-0.15, -0.1) is 0 Å². The van der Waals surface area contributed by atoms with Crippen LogP contribution >= 0.6 is 0 Å². The van der Waals surface area contributed by atoms with Crippen molar-refractivity contribution in [3.8, 4) is 0 Å². The molecule has 3 N–H and O–H groups in total. The summed E-state index contributed by atoms with van der Waals surface area (Å²) in [7, 11) is 1.37. The number of hydrazine groups is 1. The third kappa shape index (κ3) is 4.94. The molecule has 2 atom stereocenters. The molecule has 7 heteroatoms. The average molecular weight is 321 g/mol. The van der Waals surface area contributed by atoms with Gasteiger partial charge in [0.15, 0.2) is 0 Å². The maximum Gasteiger partial charge on any atom is 0.412 e. The number of nitrogens with one attached hydrogen (secondary N) is 3. The topological polar surface area (TPSA) is 88.7 Å². The monoisotopic (exact) mass is 321 g/mol. The highest BCUT2D eigenvalue weighted by Crippen LogP contribution is 2.24. The van der Waals surface area contributed by atoms with Crippen molar-refractivity contribution < 1.29 is 19.1 Å². The van der Waals surface area contributed by atoms with Crippen molar-refractivity contribution in [2.75, 3.05) is 12.4 Å². The van der Waals surface area contributed by atoms with Gasteiger partial charge in [0.1, 0.15) is 11.6 Å². The van der Waals surface area contributed by atoms with Crippen molar-refractivity contribution >= 4 is 17.7 Å². The number of methoxy groups -OCH3 is 1. The molecule has 2 unspecified atom stereocenters. The van der Waals surface area contributed by atoms with Crippen LogP contribution in [0.3, 0.4) is 0 Å². The third-order valence-corrected chi connectivity index (χ3v) is 3.35. The number of ether oxygens (including phenoxy) is 2. The molecule has 23 heavy (non-hydrogen) atoms. The minimum atomic E-state index is -0.535.